The summed E-state index contributed by atoms with van der Waals surface area (Å²) in [6.45, 7) is 1.13. The number of nitrogens with two attached hydrogens (primary N) is 1. The highest BCUT2D eigenvalue weighted by atomic mass is 19.1. The van der Waals surface area contributed by atoms with Gasteiger partial charge in [-0.25, -0.2) is 18.2 Å². The number of rotatable bonds is 8. The highest BCUT2D eigenvalue weighted by molar-refractivity contribution is 6.03. The normalized spacial score (nSPS) is 20.1. The standard InChI is InChI=1S/C27H29F3N4O4/c1-14-6-15(8-16(31)7-14)19-4-5-32-11-24(19)34-27(37)23-3-2-20(28)26(33-23)25-21(29)9-18(10-22(25)30)38-13-17(36)12-35/h2-5,9-11,14-17,35-36H,6-8,12-13,31H2,1H3,(H,34,37)/t14-,15+,16-,17-/m0/s1. The molecule has 5 N–H and O–H groups in total. The Labute approximate surface area is 217 Å². The molecule has 1 aliphatic rings. The summed E-state index contributed by atoms with van der Waals surface area (Å²) in [4.78, 5) is 21.1. The van der Waals surface area contributed by atoms with Crippen LogP contribution in [0.15, 0.2) is 42.7 Å². The third-order valence-electron chi connectivity index (χ3n) is 6.51. The van der Waals surface area contributed by atoms with Gasteiger partial charge in [-0.3, -0.25) is 9.78 Å². The molecule has 38 heavy (non-hydrogen) atoms. The van der Waals surface area contributed by atoms with Gasteiger partial charge in [0, 0.05) is 24.4 Å². The maximum absolute atomic E-state index is 14.8. The van der Waals surface area contributed by atoms with Crippen molar-refractivity contribution in [2.45, 2.75) is 44.2 Å². The first kappa shape index (κ1) is 27.5. The molecule has 1 fully saturated rings. The third kappa shape index (κ3) is 6.29. The molecule has 1 saturated carbocycles. The predicted molar refractivity (Wildman–Crippen MR) is 134 cm³/mol. The number of carbonyl (C=O) groups excluding carboxylic acids is 1. The second kappa shape index (κ2) is 11.9. The van der Waals surface area contributed by atoms with E-state index in [4.69, 9.17) is 15.6 Å². The van der Waals surface area contributed by atoms with Gasteiger partial charge in [-0.15, -0.1) is 0 Å². The summed E-state index contributed by atoms with van der Waals surface area (Å²) in [6.07, 6.45) is 4.48. The van der Waals surface area contributed by atoms with Crippen molar-refractivity contribution in [3.63, 3.8) is 0 Å². The van der Waals surface area contributed by atoms with E-state index in [9.17, 15) is 23.1 Å². The van der Waals surface area contributed by atoms with Gasteiger partial charge in [0.15, 0.2) is 0 Å². The molecule has 4 rings (SSSR count). The zero-order chi connectivity index (χ0) is 27.4. The van der Waals surface area contributed by atoms with Crippen LogP contribution in [-0.4, -0.2) is 51.4 Å². The van der Waals surface area contributed by atoms with Crippen LogP contribution in [0, 0.1) is 23.4 Å². The summed E-state index contributed by atoms with van der Waals surface area (Å²) >= 11 is 0. The van der Waals surface area contributed by atoms with Gasteiger partial charge in [0.1, 0.15) is 47.3 Å². The van der Waals surface area contributed by atoms with Crippen LogP contribution in [0.5, 0.6) is 5.75 Å². The van der Waals surface area contributed by atoms with Crippen molar-refractivity contribution >= 4 is 11.6 Å². The van der Waals surface area contributed by atoms with E-state index in [1.165, 1.54) is 6.20 Å². The van der Waals surface area contributed by atoms with Crippen LogP contribution in [0.25, 0.3) is 11.3 Å². The largest absolute Gasteiger partial charge is 0.491 e. The lowest BCUT2D eigenvalue weighted by molar-refractivity contribution is 0.0534. The summed E-state index contributed by atoms with van der Waals surface area (Å²) < 4.78 is 49.4. The van der Waals surface area contributed by atoms with Crippen LogP contribution in [0.3, 0.4) is 0 Å². The van der Waals surface area contributed by atoms with E-state index in [1.807, 2.05) is 6.07 Å². The number of hydrogen-bond acceptors (Lipinski definition) is 7. The maximum atomic E-state index is 14.8. The average Bonchev–Trinajstić information content (AvgIpc) is 2.87. The van der Waals surface area contributed by atoms with Crippen molar-refractivity contribution < 1.29 is 32.9 Å². The second-order valence-corrected chi connectivity index (χ2v) is 9.62. The number of nitrogens with one attached hydrogen (secondary N) is 1. The van der Waals surface area contributed by atoms with Crippen LogP contribution in [0.2, 0.25) is 0 Å². The quantitative estimate of drug-likeness (QED) is 0.349. The molecule has 0 saturated heterocycles. The van der Waals surface area contributed by atoms with Crippen molar-refractivity contribution in [1.29, 1.82) is 0 Å². The van der Waals surface area contributed by atoms with Gasteiger partial charge in [-0.1, -0.05) is 6.92 Å². The zero-order valence-electron chi connectivity index (χ0n) is 20.7. The topological polar surface area (TPSA) is 131 Å². The Bertz CT molecular complexity index is 1280. The van der Waals surface area contributed by atoms with Crippen LogP contribution >= 0.6 is 0 Å². The Morgan fingerprint density at radius 3 is 2.58 bits per heavy atom. The van der Waals surface area contributed by atoms with E-state index >= 15 is 0 Å². The van der Waals surface area contributed by atoms with Gasteiger partial charge in [-0.05, 0) is 54.9 Å². The van der Waals surface area contributed by atoms with Gasteiger partial charge < -0.3 is 26.0 Å². The first-order valence-corrected chi connectivity index (χ1v) is 12.2. The molecule has 0 aliphatic heterocycles. The fraction of sp³-hybridized carbons (Fsp3) is 0.370. The van der Waals surface area contributed by atoms with Crippen LogP contribution in [0.1, 0.15) is 48.2 Å². The van der Waals surface area contributed by atoms with Gasteiger partial charge in [0.25, 0.3) is 5.91 Å². The summed E-state index contributed by atoms with van der Waals surface area (Å²) in [5, 5.41) is 20.9. The highest BCUT2D eigenvalue weighted by Gasteiger charge is 2.28. The molecule has 1 aromatic carbocycles. The number of amides is 1. The fourth-order valence-corrected chi connectivity index (χ4v) is 4.81. The first-order chi connectivity index (χ1) is 18.2. The number of ether oxygens (including phenoxy) is 1. The molecule has 4 atom stereocenters. The lowest BCUT2D eigenvalue weighted by Crippen LogP contribution is -2.31. The zero-order valence-corrected chi connectivity index (χ0v) is 20.7. The molecule has 0 bridgehead atoms. The molecule has 2 aromatic heterocycles. The Morgan fingerprint density at radius 1 is 1.16 bits per heavy atom. The number of aliphatic hydroxyl groups excluding tert-OH is 2. The van der Waals surface area contributed by atoms with Gasteiger partial charge in [0.05, 0.1) is 24.1 Å². The lowest BCUT2D eigenvalue weighted by atomic mass is 9.76. The number of hydrogen-bond donors (Lipinski definition) is 4. The number of halogens is 3. The molecule has 8 nitrogen and oxygen atoms in total. The van der Waals surface area contributed by atoms with E-state index in [1.54, 1.807) is 6.20 Å². The number of aromatic nitrogens is 2. The Balaban J connectivity index is 1.59. The second-order valence-electron chi connectivity index (χ2n) is 9.62. The molecular weight excluding hydrogens is 501 g/mol. The van der Waals surface area contributed by atoms with Gasteiger partial charge >= 0.3 is 0 Å². The smallest absolute Gasteiger partial charge is 0.274 e. The number of benzene rings is 1. The number of carbonyl (C=O) groups is 1. The highest BCUT2D eigenvalue weighted by Crippen LogP contribution is 2.38. The number of nitrogens with zero attached hydrogens (tertiary/aromatic N) is 2. The van der Waals surface area contributed by atoms with Crippen molar-refractivity contribution in [3.8, 4) is 17.0 Å². The Morgan fingerprint density at radius 2 is 1.89 bits per heavy atom. The van der Waals surface area contributed by atoms with E-state index in [0.29, 0.717) is 11.6 Å². The van der Waals surface area contributed by atoms with Crippen molar-refractivity contribution in [3.05, 3.63) is 71.4 Å². The lowest BCUT2D eigenvalue weighted by Gasteiger charge is -2.32. The SMILES string of the molecule is C[C@@H]1C[C@H](N)C[C@H](c2ccncc2NC(=O)c2ccc(F)c(-c3c(F)cc(OC[C@@H](O)CO)cc3F)n2)C1. The van der Waals surface area contributed by atoms with Gasteiger partial charge in [0.2, 0.25) is 0 Å². The summed E-state index contributed by atoms with van der Waals surface area (Å²) in [5.74, 6) is -3.83. The van der Waals surface area contributed by atoms with E-state index in [-0.39, 0.29) is 23.4 Å². The average molecular weight is 531 g/mol. The van der Waals surface area contributed by atoms with Crippen molar-refractivity contribution in [1.82, 2.24) is 9.97 Å². The minimum atomic E-state index is -1.24. The molecule has 0 radical (unpaired) electrons. The van der Waals surface area contributed by atoms with Crippen LogP contribution in [-0.2, 0) is 0 Å². The fourth-order valence-electron chi connectivity index (χ4n) is 4.81. The molecule has 11 heteroatoms. The molecular formula is C27H29F3N4O4. The summed E-state index contributed by atoms with van der Waals surface area (Å²) in [6, 6.07) is 5.49. The van der Waals surface area contributed by atoms with Crippen LogP contribution < -0.4 is 15.8 Å². The number of anilines is 1. The van der Waals surface area contributed by atoms with Gasteiger partial charge in [-0.2, -0.15) is 0 Å². The minimum Gasteiger partial charge on any atom is -0.491 e. The molecule has 202 valence electrons. The first-order valence-electron chi connectivity index (χ1n) is 12.2. The monoisotopic (exact) mass is 530 g/mol. The van der Waals surface area contributed by atoms with E-state index < -0.39 is 53.9 Å². The number of pyridine rings is 2. The van der Waals surface area contributed by atoms with E-state index in [2.05, 4.69) is 22.2 Å². The molecule has 3 aromatic rings. The number of aliphatic hydroxyl groups is 2. The molecule has 0 spiro atoms. The Hall–Kier alpha value is -3.54. The van der Waals surface area contributed by atoms with Crippen molar-refractivity contribution in [2.24, 2.45) is 11.7 Å². The molecule has 2 heterocycles. The van der Waals surface area contributed by atoms with Crippen molar-refractivity contribution in [2.75, 3.05) is 18.5 Å². The molecule has 1 aliphatic carbocycles. The minimum absolute atomic E-state index is 0.0446. The van der Waals surface area contributed by atoms with Crippen LogP contribution in [0.4, 0.5) is 18.9 Å². The summed E-state index contributed by atoms with van der Waals surface area (Å²) in [5.41, 5.74) is 5.82. The third-order valence-corrected chi connectivity index (χ3v) is 6.51. The maximum Gasteiger partial charge on any atom is 0.274 e. The molecule has 0 unspecified atom stereocenters. The molecule has 1 amide bonds. The predicted octanol–water partition coefficient (Wildman–Crippen LogP) is 3.78. The Kier molecular flexibility index (Phi) is 8.60. The van der Waals surface area contributed by atoms with E-state index in [0.717, 1.165) is 49.1 Å². The summed E-state index contributed by atoms with van der Waals surface area (Å²) in [7, 11) is 0.